The first-order valence-electron chi connectivity index (χ1n) is 5.10. The van der Waals surface area contributed by atoms with Crippen LogP contribution in [0.3, 0.4) is 0 Å². The van der Waals surface area contributed by atoms with Crippen molar-refractivity contribution in [2.75, 3.05) is 0 Å². The molecule has 1 aromatic rings. The van der Waals surface area contributed by atoms with Crippen LogP contribution in [0.5, 0.6) is 0 Å². The van der Waals surface area contributed by atoms with Gasteiger partial charge in [0.1, 0.15) is 0 Å². The third-order valence-electron chi connectivity index (χ3n) is 3.21. The highest BCUT2D eigenvalue weighted by molar-refractivity contribution is 5.80. The summed E-state index contributed by atoms with van der Waals surface area (Å²) in [5.74, 6) is -1.08. The Morgan fingerprint density at radius 3 is 2.53 bits per heavy atom. The molecule has 2 rings (SSSR count). The number of hydrogen-bond acceptors (Lipinski definition) is 3. The van der Waals surface area contributed by atoms with Crippen LogP contribution in [0.15, 0.2) is 30.3 Å². The molecule has 0 amide bonds. The number of carboxylic acids is 1. The maximum atomic E-state index is 11.2. The van der Waals surface area contributed by atoms with Crippen LogP contribution in [0, 0.1) is 0 Å². The molecular formula is C12H13O3-. The first kappa shape index (κ1) is 10.2. The van der Waals surface area contributed by atoms with Crippen molar-refractivity contribution in [2.24, 2.45) is 0 Å². The van der Waals surface area contributed by atoms with Gasteiger partial charge >= 0.3 is 0 Å². The molecule has 3 heteroatoms. The lowest BCUT2D eigenvalue weighted by Crippen LogP contribution is -2.44. The number of aliphatic hydroxyl groups excluding tert-OH is 1. The molecule has 1 aliphatic rings. The molecule has 80 valence electrons. The third-order valence-corrected chi connectivity index (χ3v) is 3.21. The molecule has 0 unspecified atom stereocenters. The maximum Gasteiger partial charge on any atom is 0.0552 e. The first-order valence-corrected chi connectivity index (χ1v) is 5.10. The second kappa shape index (κ2) is 3.66. The average molecular weight is 205 g/mol. The van der Waals surface area contributed by atoms with Gasteiger partial charge in [0.15, 0.2) is 0 Å². The molecule has 0 heterocycles. The van der Waals surface area contributed by atoms with Gasteiger partial charge in [0.05, 0.1) is 12.1 Å². The van der Waals surface area contributed by atoms with Crippen molar-refractivity contribution in [2.45, 2.75) is 30.8 Å². The minimum absolute atomic E-state index is 0.263. The van der Waals surface area contributed by atoms with E-state index < -0.39 is 17.5 Å². The molecule has 0 saturated heterocycles. The lowest BCUT2D eigenvalue weighted by atomic mass is 9.79. The molecule has 0 radical (unpaired) electrons. The molecule has 0 spiro atoms. The van der Waals surface area contributed by atoms with Crippen LogP contribution in [0.1, 0.15) is 24.8 Å². The van der Waals surface area contributed by atoms with Gasteiger partial charge in [0.2, 0.25) is 0 Å². The number of carboxylic acid groups (broad SMARTS) is 1. The van der Waals surface area contributed by atoms with Gasteiger partial charge in [-0.1, -0.05) is 30.3 Å². The van der Waals surface area contributed by atoms with E-state index >= 15 is 0 Å². The number of rotatable bonds is 2. The Balaban J connectivity index is 2.41. The third kappa shape index (κ3) is 1.63. The number of benzene rings is 1. The Hall–Kier alpha value is -1.35. The van der Waals surface area contributed by atoms with Gasteiger partial charge in [-0.25, -0.2) is 0 Å². The number of hydrogen-bond donors (Lipinski definition) is 1. The summed E-state index contributed by atoms with van der Waals surface area (Å²) >= 11 is 0. The summed E-state index contributed by atoms with van der Waals surface area (Å²) in [7, 11) is 0. The van der Waals surface area contributed by atoms with E-state index in [-0.39, 0.29) is 6.42 Å². The highest BCUT2D eigenvalue weighted by Crippen LogP contribution is 2.40. The van der Waals surface area contributed by atoms with Crippen LogP contribution < -0.4 is 5.11 Å². The highest BCUT2D eigenvalue weighted by atomic mass is 16.4. The summed E-state index contributed by atoms with van der Waals surface area (Å²) in [6.07, 6.45) is 0.728. The lowest BCUT2D eigenvalue weighted by Gasteiger charge is -2.30. The van der Waals surface area contributed by atoms with Crippen molar-refractivity contribution < 1.29 is 15.0 Å². The number of aliphatic carboxylic acids is 1. The predicted molar refractivity (Wildman–Crippen MR) is 53.0 cm³/mol. The molecule has 1 saturated carbocycles. The first-order chi connectivity index (χ1) is 7.15. The Morgan fingerprint density at radius 1 is 1.40 bits per heavy atom. The second-order valence-electron chi connectivity index (χ2n) is 4.13. The number of carbonyl (C=O) groups is 1. The zero-order chi connectivity index (χ0) is 10.9. The van der Waals surface area contributed by atoms with E-state index in [2.05, 4.69) is 0 Å². The van der Waals surface area contributed by atoms with Gasteiger partial charge in [-0.3, -0.25) is 0 Å². The fourth-order valence-corrected chi connectivity index (χ4v) is 2.34. The summed E-state index contributed by atoms with van der Waals surface area (Å²) in [5, 5.41) is 20.7. The largest absolute Gasteiger partial charge is 0.549 e. The molecule has 0 aliphatic heterocycles. The van der Waals surface area contributed by atoms with E-state index in [0.717, 1.165) is 5.56 Å². The minimum atomic E-state index is -1.08. The zero-order valence-corrected chi connectivity index (χ0v) is 8.35. The van der Waals surface area contributed by atoms with Crippen molar-refractivity contribution in [3.05, 3.63) is 35.9 Å². The number of carbonyl (C=O) groups excluding carboxylic acids is 1. The molecule has 1 aromatic carbocycles. The van der Waals surface area contributed by atoms with Gasteiger partial charge in [-0.2, -0.15) is 0 Å². The molecule has 2 atom stereocenters. The van der Waals surface area contributed by atoms with Gasteiger partial charge in [-0.05, 0) is 24.8 Å². The molecule has 1 N–H and O–H groups in total. The molecule has 15 heavy (non-hydrogen) atoms. The van der Waals surface area contributed by atoms with E-state index in [9.17, 15) is 15.0 Å². The van der Waals surface area contributed by atoms with Gasteiger partial charge in [0.25, 0.3) is 0 Å². The van der Waals surface area contributed by atoms with Gasteiger partial charge in [-0.15, -0.1) is 0 Å². The van der Waals surface area contributed by atoms with Crippen molar-refractivity contribution in [1.82, 2.24) is 0 Å². The van der Waals surface area contributed by atoms with Crippen LogP contribution >= 0.6 is 0 Å². The van der Waals surface area contributed by atoms with E-state index in [4.69, 9.17) is 0 Å². The van der Waals surface area contributed by atoms with Crippen LogP contribution in [0.2, 0.25) is 0 Å². The summed E-state index contributed by atoms with van der Waals surface area (Å²) in [5.41, 5.74) is -0.248. The minimum Gasteiger partial charge on any atom is -0.549 e. The Bertz CT molecular complexity index is 360. The molecule has 0 bridgehead atoms. The normalized spacial score (nSPS) is 30.3. The van der Waals surface area contributed by atoms with Crippen molar-refractivity contribution in [1.29, 1.82) is 0 Å². The molecule has 1 fully saturated rings. The van der Waals surface area contributed by atoms with Crippen molar-refractivity contribution in [3.8, 4) is 0 Å². The Kier molecular flexibility index (Phi) is 2.49. The summed E-state index contributed by atoms with van der Waals surface area (Å²) in [4.78, 5) is 11.2. The molecule has 3 nitrogen and oxygen atoms in total. The molecule has 0 aromatic heterocycles. The van der Waals surface area contributed by atoms with E-state index in [1.54, 1.807) is 12.1 Å². The summed E-state index contributed by atoms with van der Waals surface area (Å²) in [6, 6.07) is 9.04. The maximum absolute atomic E-state index is 11.2. The van der Waals surface area contributed by atoms with Crippen LogP contribution in [0.25, 0.3) is 0 Å². The topological polar surface area (TPSA) is 60.4 Å². The van der Waals surface area contributed by atoms with Gasteiger partial charge in [0, 0.05) is 5.41 Å². The van der Waals surface area contributed by atoms with Crippen LogP contribution in [0.4, 0.5) is 0 Å². The average Bonchev–Trinajstić information content (AvgIpc) is 2.63. The highest BCUT2D eigenvalue weighted by Gasteiger charge is 2.41. The standard InChI is InChI=1S/C12H14O3/c13-10-6-7-12(8-10,11(14)15)9-4-2-1-3-5-9/h1-5,10,13H,6-8H2,(H,14,15)/p-1/t10-,12+/m1/s1. The monoisotopic (exact) mass is 205 g/mol. The van der Waals surface area contributed by atoms with E-state index in [0.29, 0.717) is 12.8 Å². The predicted octanol–water partition coefficient (Wildman–Crippen LogP) is 0.219. The van der Waals surface area contributed by atoms with Gasteiger partial charge < -0.3 is 15.0 Å². The summed E-state index contributed by atoms with van der Waals surface area (Å²) < 4.78 is 0. The zero-order valence-electron chi connectivity index (χ0n) is 8.35. The fourth-order valence-electron chi connectivity index (χ4n) is 2.34. The van der Waals surface area contributed by atoms with Crippen LogP contribution in [-0.4, -0.2) is 17.2 Å². The summed E-state index contributed by atoms with van der Waals surface area (Å²) in [6.45, 7) is 0. The molecule has 1 aliphatic carbocycles. The van der Waals surface area contributed by atoms with Crippen molar-refractivity contribution >= 4 is 5.97 Å². The van der Waals surface area contributed by atoms with Crippen LogP contribution in [-0.2, 0) is 10.2 Å². The van der Waals surface area contributed by atoms with E-state index in [1.165, 1.54) is 0 Å². The van der Waals surface area contributed by atoms with Crippen molar-refractivity contribution in [3.63, 3.8) is 0 Å². The smallest absolute Gasteiger partial charge is 0.0552 e. The Morgan fingerprint density at radius 2 is 2.07 bits per heavy atom. The number of aliphatic hydroxyl groups is 1. The molecular weight excluding hydrogens is 192 g/mol. The Labute approximate surface area is 88.4 Å². The lowest BCUT2D eigenvalue weighted by molar-refractivity contribution is -0.314. The second-order valence-corrected chi connectivity index (χ2v) is 4.13. The van der Waals surface area contributed by atoms with E-state index in [1.807, 2.05) is 18.2 Å². The fraction of sp³-hybridized carbons (Fsp3) is 0.417. The SMILES string of the molecule is O=C([O-])[C@@]1(c2ccccc2)CC[C@@H](O)C1. The quantitative estimate of drug-likeness (QED) is 0.751.